The van der Waals surface area contributed by atoms with Gasteiger partial charge < -0.3 is 9.64 Å². The van der Waals surface area contributed by atoms with E-state index < -0.39 is 0 Å². The summed E-state index contributed by atoms with van der Waals surface area (Å²) in [5, 5.41) is 0. The van der Waals surface area contributed by atoms with Gasteiger partial charge in [0.2, 0.25) is 5.91 Å². The Bertz CT molecular complexity index is 810. The molecule has 1 aliphatic rings. The van der Waals surface area contributed by atoms with E-state index in [4.69, 9.17) is 0 Å². The summed E-state index contributed by atoms with van der Waals surface area (Å²) in [4.78, 5) is 25.9. The lowest BCUT2D eigenvalue weighted by molar-refractivity contribution is -0.140. The second-order valence-corrected chi connectivity index (χ2v) is 6.00. The predicted octanol–water partition coefficient (Wildman–Crippen LogP) is 4.05. The average molecular weight is 335 g/mol. The van der Waals surface area contributed by atoms with Gasteiger partial charge in [0, 0.05) is 12.8 Å². The quantitative estimate of drug-likeness (QED) is 0.792. The van der Waals surface area contributed by atoms with Gasteiger partial charge >= 0.3 is 5.97 Å². The first-order chi connectivity index (χ1) is 12.2. The SMILES string of the molecule is COC(=O)CCCC(=O)N1Cc2ccccc2/C=C\c2ccccc21. The van der Waals surface area contributed by atoms with Gasteiger partial charge in [-0.2, -0.15) is 0 Å². The standard InChI is InChI=1S/C21H21NO3/c1-25-21(24)12-6-11-20(23)22-15-18-9-3-2-7-16(18)13-14-17-8-4-5-10-19(17)22/h2-5,7-10,13-14H,6,11-12,15H2,1H3/b14-13-. The second kappa shape index (κ2) is 7.79. The number of methoxy groups -OCH3 is 1. The molecule has 2 aromatic carbocycles. The highest BCUT2D eigenvalue weighted by atomic mass is 16.5. The van der Waals surface area contributed by atoms with Crippen molar-refractivity contribution in [2.45, 2.75) is 25.8 Å². The van der Waals surface area contributed by atoms with Gasteiger partial charge in [-0.1, -0.05) is 54.6 Å². The number of carbonyl (C=O) groups is 2. The third kappa shape index (κ3) is 3.97. The van der Waals surface area contributed by atoms with Gasteiger partial charge in [0.1, 0.15) is 0 Å². The Labute approximate surface area is 147 Å². The van der Waals surface area contributed by atoms with Crippen LogP contribution in [0.1, 0.15) is 36.0 Å². The molecule has 0 aromatic heterocycles. The number of hydrogen-bond acceptors (Lipinski definition) is 3. The highest BCUT2D eigenvalue weighted by molar-refractivity contribution is 5.97. The molecule has 0 atom stereocenters. The summed E-state index contributed by atoms with van der Waals surface area (Å²) in [5.74, 6) is -0.268. The van der Waals surface area contributed by atoms with E-state index in [1.165, 1.54) is 7.11 Å². The van der Waals surface area contributed by atoms with Crippen LogP contribution in [0.2, 0.25) is 0 Å². The Kier molecular flexibility index (Phi) is 5.29. The molecule has 0 radical (unpaired) electrons. The fourth-order valence-corrected chi connectivity index (χ4v) is 2.99. The fraction of sp³-hybridized carbons (Fsp3) is 0.238. The molecule has 0 N–H and O–H groups in total. The van der Waals surface area contributed by atoms with Crippen molar-refractivity contribution < 1.29 is 14.3 Å². The lowest BCUT2D eigenvalue weighted by Crippen LogP contribution is -2.31. The van der Waals surface area contributed by atoms with E-state index >= 15 is 0 Å². The van der Waals surface area contributed by atoms with Crippen molar-refractivity contribution in [3.63, 3.8) is 0 Å². The fourth-order valence-electron chi connectivity index (χ4n) is 2.99. The van der Waals surface area contributed by atoms with E-state index in [9.17, 15) is 9.59 Å². The van der Waals surface area contributed by atoms with Crippen LogP contribution >= 0.6 is 0 Å². The van der Waals surface area contributed by atoms with E-state index in [1.807, 2.05) is 53.4 Å². The number of benzene rings is 2. The Morgan fingerprint density at radius 3 is 2.44 bits per heavy atom. The molecule has 1 heterocycles. The molecule has 4 nitrogen and oxygen atoms in total. The van der Waals surface area contributed by atoms with Crippen molar-refractivity contribution in [2.75, 3.05) is 12.0 Å². The molecule has 0 spiro atoms. The zero-order valence-electron chi connectivity index (χ0n) is 14.3. The topological polar surface area (TPSA) is 46.6 Å². The lowest BCUT2D eigenvalue weighted by Gasteiger charge is -2.27. The number of hydrogen-bond donors (Lipinski definition) is 0. The van der Waals surface area contributed by atoms with Crippen molar-refractivity contribution in [1.29, 1.82) is 0 Å². The monoisotopic (exact) mass is 335 g/mol. The van der Waals surface area contributed by atoms with Gasteiger partial charge in [-0.3, -0.25) is 9.59 Å². The van der Waals surface area contributed by atoms with Crippen molar-refractivity contribution in [1.82, 2.24) is 0 Å². The molecule has 0 bridgehead atoms. The highest BCUT2D eigenvalue weighted by Crippen LogP contribution is 2.29. The van der Waals surface area contributed by atoms with Crippen LogP contribution in [0.4, 0.5) is 5.69 Å². The maximum atomic E-state index is 12.9. The van der Waals surface area contributed by atoms with Crippen molar-refractivity contribution >= 4 is 29.7 Å². The van der Waals surface area contributed by atoms with Crippen LogP contribution in [0, 0.1) is 0 Å². The summed E-state index contributed by atoms with van der Waals surface area (Å²) in [7, 11) is 1.36. The molecule has 0 unspecified atom stereocenters. The highest BCUT2D eigenvalue weighted by Gasteiger charge is 2.20. The maximum absolute atomic E-state index is 12.9. The summed E-state index contributed by atoms with van der Waals surface area (Å²) < 4.78 is 4.64. The number of ether oxygens (including phenoxy) is 1. The van der Waals surface area contributed by atoms with Crippen LogP contribution in [0.3, 0.4) is 0 Å². The Morgan fingerprint density at radius 1 is 0.960 bits per heavy atom. The molecule has 4 heteroatoms. The van der Waals surface area contributed by atoms with Crippen LogP contribution < -0.4 is 4.90 Å². The molecule has 3 rings (SSSR count). The van der Waals surface area contributed by atoms with Gasteiger partial charge in [-0.15, -0.1) is 0 Å². The predicted molar refractivity (Wildman–Crippen MR) is 98.9 cm³/mol. The Hall–Kier alpha value is -2.88. The number of esters is 1. The minimum atomic E-state index is -0.283. The van der Waals surface area contributed by atoms with E-state index in [-0.39, 0.29) is 18.3 Å². The first-order valence-corrected chi connectivity index (χ1v) is 8.41. The lowest BCUT2D eigenvalue weighted by atomic mass is 10.0. The largest absolute Gasteiger partial charge is 0.469 e. The van der Waals surface area contributed by atoms with E-state index in [0.717, 1.165) is 22.4 Å². The number of nitrogens with zero attached hydrogens (tertiary/aromatic N) is 1. The average Bonchev–Trinajstić information content (AvgIpc) is 2.63. The normalized spacial score (nSPS) is 13.9. The van der Waals surface area contributed by atoms with Crippen LogP contribution in [-0.4, -0.2) is 19.0 Å². The summed E-state index contributed by atoms with van der Waals surface area (Å²) in [6.07, 6.45) is 5.19. The number of carbonyl (C=O) groups excluding carboxylic acids is 2. The van der Waals surface area contributed by atoms with Crippen LogP contribution in [0.15, 0.2) is 48.5 Å². The summed E-state index contributed by atoms with van der Waals surface area (Å²) in [6, 6.07) is 16.0. The number of rotatable bonds is 4. The molecule has 0 saturated carbocycles. The first-order valence-electron chi connectivity index (χ1n) is 8.41. The van der Waals surface area contributed by atoms with Crippen molar-refractivity contribution in [3.05, 3.63) is 65.2 Å². The van der Waals surface area contributed by atoms with Crippen molar-refractivity contribution in [2.24, 2.45) is 0 Å². The molecule has 2 aromatic rings. The van der Waals surface area contributed by atoms with Gasteiger partial charge in [0.25, 0.3) is 0 Å². The number of amides is 1. The minimum Gasteiger partial charge on any atom is -0.469 e. The van der Waals surface area contributed by atoms with Crippen LogP contribution in [-0.2, 0) is 20.9 Å². The second-order valence-electron chi connectivity index (χ2n) is 6.00. The van der Waals surface area contributed by atoms with Gasteiger partial charge in [-0.25, -0.2) is 0 Å². The Morgan fingerprint density at radius 2 is 1.64 bits per heavy atom. The minimum absolute atomic E-state index is 0.0152. The molecular formula is C21H21NO3. The van der Waals surface area contributed by atoms with Gasteiger partial charge in [0.15, 0.2) is 0 Å². The molecule has 1 aliphatic heterocycles. The molecule has 1 amide bonds. The maximum Gasteiger partial charge on any atom is 0.305 e. The molecule has 0 saturated heterocycles. The van der Waals surface area contributed by atoms with Gasteiger partial charge in [-0.05, 0) is 29.2 Å². The summed E-state index contributed by atoms with van der Waals surface area (Å²) in [6.45, 7) is 0.522. The van der Waals surface area contributed by atoms with E-state index in [0.29, 0.717) is 19.4 Å². The smallest absolute Gasteiger partial charge is 0.305 e. The van der Waals surface area contributed by atoms with Crippen molar-refractivity contribution in [3.8, 4) is 0 Å². The van der Waals surface area contributed by atoms with E-state index in [2.05, 4.69) is 16.9 Å². The molecule has 0 fully saturated rings. The number of fused-ring (bicyclic) bond motifs is 2. The van der Waals surface area contributed by atoms with Crippen LogP contribution in [0.25, 0.3) is 12.2 Å². The summed E-state index contributed by atoms with van der Waals surface area (Å²) in [5.41, 5.74) is 4.13. The molecule has 25 heavy (non-hydrogen) atoms. The molecule has 0 aliphatic carbocycles. The van der Waals surface area contributed by atoms with Crippen LogP contribution in [0.5, 0.6) is 0 Å². The Balaban J connectivity index is 1.88. The molecule has 128 valence electrons. The van der Waals surface area contributed by atoms with Gasteiger partial charge in [0.05, 0.1) is 19.3 Å². The number of para-hydroxylation sites is 1. The zero-order chi connectivity index (χ0) is 17.6. The third-order valence-corrected chi connectivity index (χ3v) is 4.35. The molecular weight excluding hydrogens is 314 g/mol. The number of anilines is 1. The summed E-state index contributed by atoms with van der Waals surface area (Å²) >= 11 is 0. The van der Waals surface area contributed by atoms with E-state index in [1.54, 1.807) is 0 Å². The third-order valence-electron chi connectivity index (χ3n) is 4.35. The zero-order valence-corrected chi connectivity index (χ0v) is 14.3. The first kappa shape index (κ1) is 17.0.